The summed E-state index contributed by atoms with van der Waals surface area (Å²) in [5.41, 5.74) is 3.36. The normalized spacial score (nSPS) is 18.7. The van der Waals surface area contributed by atoms with E-state index in [0.29, 0.717) is 5.69 Å². The largest absolute Gasteiger partial charge is 0.497 e. The molecule has 2 atom stereocenters. The molecule has 0 saturated heterocycles. The highest BCUT2D eigenvalue weighted by Crippen LogP contribution is 2.50. The molecule has 0 aliphatic carbocycles. The number of hydrogen-bond donors (Lipinski definition) is 1. The maximum atomic E-state index is 11.6. The van der Waals surface area contributed by atoms with E-state index >= 15 is 0 Å². The van der Waals surface area contributed by atoms with Crippen LogP contribution in [0.5, 0.6) is 5.75 Å². The second-order valence-corrected chi connectivity index (χ2v) is 8.42. The van der Waals surface area contributed by atoms with Crippen LogP contribution in [0.2, 0.25) is 0 Å². The average molecular weight is 385 g/mol. The third kappa shape index (κ3) is 3.86. The first kappa shape index (κ1) is 19.1. The van der Waals surface area contributed by atoms with Crippen LogP contribution in [-0.4, -0.2) is 28.3 Å². The van der Waals surface area contributed by atoms with Crippen LogP contribution in [0.3, 0.4) is 0 Å². The molecule has 0 fully saturated rings. The fourth-order valence-corrected chi connectivity index (χ4v) is 4.23. The Morgan fingerprint density at radius 2 is 2.04 bits per heavy atom. The van der Waals surface area contributed by atoms with Gasteiger partial charge in [-0.05, 0) is 35.7 Å². The van der Waals surface area contributed by atoms with Gasteiger partial charge in [0.25, 0.3) is 0 Å². The molecule has 7 heteroatoms. The minimum atomic E-state index is -3.37. The molecular weight excluding hydrogens is 362 g/mol. The molecule has 0 amide bonds. The Labute approximate surface area is 160 Å². The van der Waals surface area contributed by atoms with E-state index in [0.717, 1.165) is 41.8 Å². The summed E-state index contributed by atoms with van der Waals surface area (Å²) in [6.07, 6.45) is 2.05. The highest BCUT2D eigenvalue weighted by atomic mass is 32.2. The number of nitriles is 1. The van der Waals surface area contributed by atoms with Crippen molar-refractivity contribution in [1.29, 1.82) is 5.26 Å². The van der Waals surface area contributed by atoms with Crippen molar-refractivity contribution in [2.24, 2.45) is 0 Å². The molecule has 0 radical (unpaired) electrons. The molecule has 2 unspecified atom stereocenters. The zero-order valence-electron chi connectivity index (χ0n) is 15.6. The number of rotatable bonds is 6. The molecule has 27 heavy (non-hydrogen) atoms. The summed E-state index contributed by atoms with van der Waals surface area (Å²) < 4.78 is 31.0. The summed E-state index contributed by atoms with van der Waals surface area (Å²) in [5.74, 6) is 0.408. The van der Waals surface area contributed by atoms with Crippen molar-refractivity contribution in [2.45, 2.75) is 25.3 Å². The molecule has 2 aromatic carbocycles. The minimum Gasteiger partial charge on any atom is -0.497 e. The molecule has 1 N–H and O–H groups in total. The number of nitrogens with zero attached hydrogens (tertiary/aromatic N) is 2. The predicted octanol–water partition coefficient (Wildman–Crippen LogP) is 3.65. The zero-order valence-corrected chi connectivity index (χ0v) is 16.5. The standard InChI is InChI=1S/C20H23N3O3S/c1-4-10-23-19-12-16(26-2)8-9-17(19)18(13-21)20(23)14-6-5-7-15(11-14)22-27(3,24)25/h5-9,11-12,18,20,22H,4,10H2,1-3H3. The number of hydrogen-bond acceptors (Lipinski definition) is 5. The van der Waals surface area contributed by atoms with Gasteiger partial charge >= 0.3 is 0 Å². The van der Waals surface area contributed by atoms with Gasteiger partial charge in [-0.15, -0.1) is 0 Å². The summed E-state index contributed by atoms with van der Waals surface area (Å²) >= 11 is 0. The maximum absolute atomic E-state index is 11.6. The van der Waals surface area contributed by atoms with E-state index in [1.54, 1.807) is 13.2 Å². The van der Waals surface area contributed by atoms with E-state index in [2.05, 4.69) is 22.6 Å². The molecular formula is C20H23N3O3S. The van der Waals surface area contributed by atoms with E-state index in [-0.39, 0.29) is 12.0 Å². The van der Waals surface area contributed by atoms with Crippen molar-refractivity contribution in [3.05, 3.63) is 53.6 Å². The van der Waals surface area contributed by atoms with Crippen LogP contribution < -0.4 is 14.4 Å². The fourth-order valence-electron chi connectivity index (χ4n) is 3.68. The molecule has 0 saturated carbocycles. The minimum absolute atomic E-state index is 0.182. The van der Waals surface area contributed by atoms with Gasteiger partial charge in [-0.3, -0.25) is 4.72 Å². The number of methoxy groups -OCH3 is 1. The van der Waals surface area contributed by atoms with E-state index in [1.165, 1.54) is 0 Å². The molecule has 142 valence electrons. The number of anilines is 2. The Kier molecular flexibility index (Phi) is 5.29. The Balaban J connectivity index is 2.08. The zero-order chi connectivity index (χ0) is 19.6. The van der Waals surface area contributed by atoms with E-state index in [4.69, 9.17) is 4.74 Å². The number of ether oxygens (including phenoxy) is 1. The number of benzene rings is 2. The van der Waals surface area contributed by atoms with Gasteiger partial charge in [-0.25, -0.2) is 8.42 Å². The van der Waals surface area contributed by atoms with Crippen molar-refractivity contribution in [3.8, 4) is 11.8 Å². The number of sulfonamides is 1. The highest BCUT2D eigenvalue weighted by Gasteiger charge is 2.39. The van der Waals surface area contributed by atoms with Crippen molar-refractivity contribution in [3.63, 3.8) is 0 Å². The lowest BCUT2D eigenvalue weighted by molar-refractivity contribution is 0.415. The second-order valence-electron chi connectivity index (χ2n) is 6.67. The van der Waals surface area contributed by atoms with Gasteiger partial charge in [0.15, 0.2) is 0 Å². The third-order valence-corrected chi connectivity index (χ3v) is 5.28. The lowest BCUT2D eigenvalue weighted by atomic mass is 9.91. The van der Waals surface area contributed by atoms with E-state index in [1.807, 2.05) is 36.4 Å². The first-order valence-electron chi connectivity index (χ1n) is 8.80. The van der Waals surface area contributed by atoms with Crippen LogP contribution in [0.15, 0.2) is 42.5 Å². The van der Waals surface area contributed by atoms with Gasteiger partial charge in [0, 0.05) is 24.0 Å². The van der Waals surface area contributed by atoms with Crippen LogP contribution in [0.4, 0.5) is 11.4 Å². The first-order valence-corrected chi connectivity index (χ1v) is 10.7. The Morgan fingerprint density at radius 3 is 2.67 bits per heavy atom. The van der Waals surface area contributed by atoms with Crippen LogP contribution in [0, 0.1) is 11.3 Å². The lowest BCUT2D eigenvalue weighted by Crippen LogP contribution is -2.27. The highest BCUT2D eigenvalue weighted by molar-refractivity contribution is 7.92. The number of fused-ring (bicyclic) bond motifs is 1. The SMILES string of the molecule is CCCN1c2cc(OC)ccc2C(C#N)C1c1cccc(NS(C)(=O)=O)c1. The van der Waals surface area contributed by atoms with Crippen molar-refractivity contribution >= 4 is 21.4 Å². The summed E-state index contributed by atoms with van der Waals surface area (Å²) in [4.78, 5) is 2.21. The lowest BCUT2D eigenvalue weighted by Gasteiger charge is -2.29. The summed E-state index contributed by atoms with van der Waals surface area (Å²) in [5, 5.41) is 9.89. The van der Waals surface area contributed by atoms with Gasteiger partial charge in [0.1, 0.15) is 5.75 Å². The molecule has 3 rings (SSSR count). The van der Waals surface area contributed by atoms with Gasteiger partial charge in [0.2, 0.25) is 10.0 Å². The summed E-state index contributed by atoms with van der Waals surface area (Å²) in [6.45, 7) is 2.88. The first-order chi connectivity index (χ1) is 12.9. The molecule has 0 aromatic heterocycles. The van der Waals surface area contributed by atoms with E-state index < -0.39 is 10.0 Å². The topological polar surface area (TPSA) is 82.4 Å². The molecule has 1 aliphatic rings. The van der Waals surface area contributed by atoms with Gasteiger partial charge in [-0.2, -0.15) is 5.26 Å². The van der Waals surface area contributed by atoms with Crippen LogP contribution in [0.25, 0.3) is 0 Å². The molecule has 6 nitrogen and oxygen atoms in total. The molecule has 0 spiro atoms. The molecule has 2 aromatic rings. The molecule has 0 bridgehead atoms. The maximum Gasteiger partial charge on any atom is 0.229 e. The van der Waals surface area contributed by atoms with Crippen molar-refractivity contribution < 1.29 is 13.2 Å². The predicted molar refractivity (Wildman–Crippen MR) is 107 cm³/mol. The number of nitrogens with one attached hydrogen (secondary N) is 1. The smallest absolute Gasteiger partial charge is 0.229 e. The second kappa shape index (κ2) is 7.49. The fraction of sp³-hybridized carbons (Fsp3) is 0.350. The van der Waals surface area contributed by atoms with Crippen molar-refractivity contribution in [1.82, 2.24) is 0 Å². The average Bonchev–Trinajstić information content (AvgIpc) is 2.93. The Hall–Kier alpha value is -2.72. The van der Waals surface area contributed by atoms with Crippen molar-refractivity contribution in [2.75, 3.05) is 29.5 Å². The summed E-state index contributed by atoms with van der Waals surface area (Å²) in [6, 6.07) is 15.3. The van der Waals surface area contributed by atoms with Gasteiger partial charge in [-0.1, -0.05) is 25.1 Å². The Morgan fingerprint density at radius 1 is 1.26 bits per heavy atom. The Bertz CT molecular complexity index is 982. The third-order valence-electron chi connectivity index (χ3n) is 4.67. The monoisotopic (exact) mass is 385 g/mol. The van der Waals surface area contributed by atoms with Crippen LogP contribution in [-0.2, 0) is 10.0 Å². The van der Waals surface area contributed by atoms with Crippen LogP contribution in [0.1, 0.15) is 36.4 Å². The van der Waals surface area contributed by atoms with Gasteiger partial charge in [0.05, 0.1) is 31.4 Å². The quantitative estimate of drug-likeness (QED) is 0.821. The van der Waals surface area contributed by atoms with Gasteiger partial charge < -0.3 is 9.64 Å². The summed E-state index contributed by atoms with van der Waals surface area (Å²) in [7, 11) is -1.74. The van der Waals surface area contributed by atoms with Crippen LogP contribution >= 0.6 is 0 Å². The molecule has 1 heterocycles. The van der Waals surface area contributed by atoms with E-state index in [9.17, 15) is 13.7 Å². The molecule has 1 aliphatic heterocycles.